The van der Waals surface area contributed by atoms with Crippen LogP contribution in [0.3, 0.4) is 0 Å². The lowest BCUT2D eigenvalue weighted by Gasteiger charge is -2.25. The Morgan fingerprint density at radius 3 is 2.24 bits per heavy atom. The van der Waals surface area contributed by atoms with Gasteiger partial charge < -0.3 is 20.5 Å². The molecule has 0 unspecified atom stereocenters. The van der Waals surface area contributed by atoms with Crippen molar-refractivity contribution in [3.63, 3.8) is 0 Å². The maximum Gasteiger partial charge on any atom is 0.319 e. The molecule has 0 saturated heterocycles. The Morgan fingerprint density at radius 1 is 1.29 bits per heavy atom. The Bertz CT molecular complexity index is 482. The molecule has 3 N–H and O–H groups in total. The summed E-state index contributed by atoms with van der Waals surface area (Å²) < 4.78 is 31.5. The lowest BCUT2D eigenvalue weighted by atomic mass is 9.98. The van der Waals surface area contributed by atoms with E-state index in [0.29, 0.717) is 12.8 Å². The fraction of sp³-hybridized carbons (Fsp3) is 0.500. The Morgan fingerprint density at radius 2 is 1.81 bits per heavy atom. The van der Waals surface area contributed by atoms with Gasteiger partial charge in [-0.15, -0.1) is 0 Å². The van der Waals surface area contributed by atoms with Gasteiger partial charge in [-0.25, -0.2) is 13.6 Å². The molecule has 1 aromatic carbocycles. The summed E-state index contributed by atoms with van der Waals surface area (Å²) in [5.74, 6) is -2.33. The first-order valence-electron chi connectivity index (χ1n) is 6.65. The zero-order valence-electron chi connectivity index (χ0n) is 12.3. The summed E-state index contributed by atoms with van der Waals surface area (Å²) in [6.07, 6.45) is 0.963. The van der Waals surface area contributed by atoms with Crippen molar-refractivity contribution in [1.29, 1.82) is 0 Å². The van der Waals surface area contributed by atoms with Crippen LogP contribution in [-0.2, 0) is 0 Å². The lowest BCUT2D eigenvalue weighted by molar-refractivity contribution is 0.0354. The number of hydrogen-bond acceptors (Lipinski definition) is 3. The van der Waals surface area contributed by atoms with Crippen molar-refractivity contribution in [1.82, 2.24) is 5.32 Å². The van der Waals surface area contributed by atoms with E-state index in [1.807, 2.05) is 0 Å². The van der Waals surface area contributed by atoms with E-state index in [1.165, 1.54) is 0 Å². The maximum atomic E-state index is 13.5. The molecular weight excluding hydrogens is 282 g/mol. The molecule has 118 valence electrons. The molecule has 2 amide bonds. The number of amides is 2. The van der Waals surface area contributed by atoms with Gasteiger partial charge >= 0.3 is 6.03 Å². The van der Waals surface area contributed by atoms with E-state index in [4.69, 9.17) is 0 Å². The second-order valence-electron chi connectivity index (χ2n) is 4.71. The first-order valence-corrected chi connectivity index (χ1v) is 6.65. The number of benzene rings is 1. The van der Waals surface area contributed by atoms with Crippen molar-refractivity contribution in [2.24, 2.45) is 0 Å². The highest BCUT2D eigenvalue weighted by Crippen LogP contribution is 2.25. The quantitative estimate of drug-likeness (QED) is 0.756. The number of urea groups is 1. The van der Waals surface area contributed by atoms with Crippen molar-refractivity contribution in [3.05, 3.63) is 23.8 Å². The summed E-state index contributed by atoms with van der Waals surface area (Å²) in [6.45, 7) is 3.65. The minimum absolute atomic E-state index is 0.0418. The number of carbonyl (C=O) groups is 1. The highest BCUT2D eigenvalue weighted by molar-refractivity contribution is 5.89. The molecule has 7 heteroatoms. The number of hydrogen-bond donors (Lipinski definition) is 3. The SMILES string of the molecule is CCC(O)(CC)CNC(=O)Nc1cc(F)c(OC)c(F)c1. The minimum Gasteiger partial charge on any atom is -0.491 e. The molecule has 0 aliphatic carbocycles. The molecule has 0 atom stereocenters. The second-order valence-corrected chi connectivity index (χ2v) is 4.71. The molecule has 0 saturated carbocycles. The number of anilines is 1. The van der Waals surface area contributed by atoms with Gasteiger partial charge in [-0.2, -0.15) is 0 Å². The fourth-order valence-electron chi connectivity index (χ4n) is 1.75. The first kappa shape index (κ1) is 17.2. The van der Waals surface area contributed by atoms with Gasteiger partial charge in [0.25, 0.3) is 0 Å². The molecule has 0 heterocycles. The van der Waals surface area contributed by atoms with E-state index in [9.17, 15) is 18.7 Å². The number of methoxy groups -OCH3 is 1. The Labute approximate surface area is 122 Å². The van der Waals surface area contributed by atoms with E-state index >= 15 is 0 Å². The van der Waals surface area contributed by atoms with E-state index < -0.39 is 29.0 Å². The molecule has 1 aromatic rings. The molecule has 0 aliphatic rings. The molecule has 21 heavy (non-hydrogen) atoms. The van der Waals surface area contributed by atoms with Gasteiger partial charge in [0.05, 0.1) is 12.7 Å². The smallest absolute Gasteiger partial charge is 0.319 e. The van der Waals surface area contributed by atoms with Gasteiger partial charge in [-0.05, 0) is 12.8 Å². The van der Waals surface area contributed by atoms with Crippen molar-refractivity contribution < 1.29 is 23.4 Å². The largest absolute Gasteiger partial charge is 0.491 e. The summed E-state index contributed by atoms with van der Waals surface area (Å²) in [6, 6.07) is 1.25. The average molecular weight is 302 g/mol. The summed E-state index contributed by atoms with van der Waals surface area (Å²) in [7, 11) is 1.15. The zero-order chi connectivity index (χ0) is 16.0. The molecular formula is C14H20F2N2O3. The van der Waals surface area contributed by atoms with Crippen molar-refractivity contribution in [3.8, 4) is 5.75 Å². The summed E-state index contributed by atoms with van der Waals surface area (Å²) in [4.78, 5) is 11.7. The zero-order valence-corrected chi connectivity index (χ0v) is 12.3. The van der Waals surface area contributed by atoms with E-state index in [-0.39, 0.29) is 12.2 Å². The van der Waals surface area contributed by atoms with Crippen LogP contribution in [0.1, 0.15) is 26.7 Å². The Hall–Kier alpha value is -1.89. The van der Waals surface area contributed by atoms with Crippen molar-refractivity contribution >= 4 is 11.7 Å². The minimum atomic E-state index is -0.992. The monoisotopic (exact) mass is 302 g/mol. The maximum absolute atomic E-state index is 13.5. The number of aliphatic hydroxyl groups is 1. The lowest BCUT2D eigenvalue weighted by Crippen LogP contribution is -2.43. The highest BCUT2D eigenvalue weighted by atomic mass is 19.1. The standard InChI is InChI=1S/C14H20F2N2O3/c1-4-14(20,5-2)8-17-13(19)18-9-6-10(15)12(21-3)11(16)7-9/h6-7,20H,4-5,8H2,1-3H3,(H2,17,18,19). The van der Waals surface area contributed by atoms with Crippen LogP contribution in [0.25, 0.3) is 0 Å². The summed E-state index contributed by atoms with van der Waals surface area (Å²) >= 11 is 0. The van der Waals surface area contributed by atoms with Crippen LogP contribution < -0.4 is 15.4 Å². The average Bonchev–Trinajstić information content (AvgIpc) is 2.44. The number of rotatable bonds is 6. The van der Waals surface area contributed by atoms with E-state index in [2.05, 4.69) is 15.4 Å². The molecule has 0 fully saturated rings. The molecule has 0 bridgehead atoms. The van der Waals surface area contributed by atoms with Crippen LogP contribution >= 0.6 is 0 Å². The van der Waals surface area contributed by atoms with Gasteiger partial charge in [0.2, 0.25) is 0 Å². The molecule has 0 aromatic heterocycles. The predicted molar refractivity (Wildman–Crippen MR) is 75.5 cm³/mol. The molecule has 0 aliphatic heterocycles. The van der Waals surface area contributed by atoms with Crippen LogP contribution in [0.5, 0.6) is 5.75 Å². The van der Waals surface area contributed by atoms with Crippen LogP contribution in [0.2, 0.25) is 0 Å². The highest BCUT2D eigenvalue weighted by Gasteiger charge is 2.22. The number of carbonyl (C=O) groups excluding carboxylic acids is 1. The number of halogens is 2. The van der Waals surface area contributed by atoms with Crippen LogP contribution in [0.15, 0.2) is 12.1 Å². The van der Waals surface area contributed by atoms with Gasteiger partial charge in [0.1, 0.15) is 0 Å². The van der Waals surface area contributed by atoms with Crippen molar-refractivity contribution in [2.45, 2.75) is 32.3 Å². The molecule has 1 rings (SSSR count). The third-order valence-electron chi connectivity index (χ3n) is 3.35. The summed E-state index contributed by atoms with van der Waals surface area (Å²) in [5.41, 5.74) is -1.03. The number of ether oxygens (including phenoxy) is 1. The first-order chi connectivity index (χ1) is 9.85. The van der Waals surface area contributed by atoms with Gasteiger partial charge in [-0.1, -0.05) is 13.8 Å². The third-order valence-corrected chi connectivity index (χ3v) is 3.35. The topological polar surface area (TPSA) is 70.6 Å². The molecule has 0 radical (unpaired) electrons. The van der Waals surface area contributed by atoms with Crippen LogP contribution in [-0.4, -0.2) is 30.4 Å². The number of nitrogens with one attached hydrogen (secondary N) is 2. The fourth-order valence-corrected chi connectivity index (χ4v) is 1.75. The summed E-state index contributed by atoms with van der Waals surface area (Å²) in [5, 5.41) is 14.8. The third kappa shape index (κ3) is 4.56. The second kappa shape index (κ2) is 7.21. The predicted octanol–water partition coefficient (Wildman–Crippen LogP) is 2.65. The van der Waals surface area contributed by atoms with E-state index in [0.717, 1.165) is 19.2 Å². The van der Waals surface area contributed by atoms with Crippen LogP contribution in [0, 0.1) is 11.6 Å². The Kier molecular flexibility index (Phi) is 5.90. The van der Waals surface area contributed by atoms with Crippen LogP contribution in [0.4, 0.5) is 19.3 Å². The van der Waals surface area contributed by atoms with Crippen molar-refractivity contribution in [2.75, 3.05) is 19.0 Å². The van der Waals surface area contributed by atoms with Gasteiger partial charge in [-0.3, -0.25) is 0 Å². The molecule has 5 nitrogen and oxygen atoms in total. The van der Waals surface area contributed by atoms with Gasteiger partial charge in [0.15, 0.2) is 17.4 Å². The normalized spacial score (nSPS) is 11.1. The molecule has 0 spiro atoms. The van der Waals surface area contributed by atoms with E-state index in [1.54, 1.807) is 13.8 Å². The van der Waals surface area contributed by atoms with Gasteiger partial charge in [0, 0.05) is 24.4 Å². The Balaban J connectivity index is 2.68.